The standard InChI is InChI=1S/C25H26N2O6S/c1-16(28)17-7-9-21(10-8-17)34(30,31)27(20-5-3-2-4-6-20)14-19-11-18-12-23-24(33-15-32-23)13-22(18)26-25(19)29/h7-13,20H,2-6,14-15H2,1H3,(H,26,29). The molecule has 0 amide bonds. The SMILES string of the molecule is CC(=O)c1ccc(S(=O)(=O)N(Cc2cc3cc4c(cc3[nH]c2=O)OCO4)C2CCCCC2)cc1. The first-order chi connectivity index (χ1) is 16.3. The van der Waals surface area contributed by atoms with Gasteiger partial charge in [-0.15, -0.1) is 0 Å². The Kier molecular flexibility index (Phi) is 5.91. The molecular weight excluding hydrogens is 456 g/mol. The minimum atomic E-state index is -3.90. The minimum absolute atomic E-state index is 0.0405. The smallest absolute Gasteiger partial charge is 0.252 e. The minimum Gasteiger partial charge on any atom is -0.454 e. The van der Waals surface area contributed by atoms with E-state index in [9.17, 15) is 18.0 Å². The maximum Gasteiger partial charge on any atom is 0.252 e. The molecule has 2 heterocycles. The van der Waals surface area contributed by atoms with Gasteiger partial charge in [-0.1, -0.05) is 31.4 Å². The van der Waals surface area contributed by atoms with Crippen molar-refractivity contribution in [2.24, 2.45) is 0 Å². The third-order valence-corrected chi connectivity index (χ3v) is 8.50. The number of aromatic nitrogens is 1. The van der Waals surface area contributed by atoms with Crippen molar-refractivity contribution < 1.29 is 22.7 Å². The lowest BCUT2D eigenvalue weighted by atomic mass is 9.95. The van der Waals surface area contributed by atoms with Gasteiger partial charge in [-0.05, 0) is 44.0 Å². The summed E-state index contributed by atoms with van der Waals surface area (Å²) in [6.07, 6.45) is 4.44. The van der Waals surface area contributed by atoms with Gasteiger partial charge in [0.2, 0.25) is 16.8 Å². The second kappa shape index (κ2) is 8.88. The second-order valence-corrected chi connectivity index (χ2v) is 10.7. The van der Waals surface area contributed by atoms with Gasteiger partial charge in [0.25, 0.3) is 5.56 Å². The number of nitrogens with one attached hydrogen (secondary N) is 1. The maximum atomic E-state index is 13.7. The topological polar surface area (TPSA) is 106 Å². The van der Waals surface area contributed by atoms with Gasteiger partial charge in [0.15, 0.2) is 17.3 Å². The van der Waals surface area contributed by atoms with Crippen LogP contribution in [0.25, 0.3) is 10.9 Å². The van der Waals surface area contributed by atoms with Crippen molar-refractivity contribution in [3.63, 3.8) is 0 Å². The number of carbonyl (C=O) groups is 1. The Morgan fingerprint density at radius 2 is 1.71 bits per heavy atom. The van der Waals surface area contributed by atoms with Crippen LogP contribution in [0.4, 0.5) is 0 Å². The second-order valence-electron chi connectivity index (χ2n) is 8.84. The average Bonchev–Trinajstić information content (AvgIpc) is 3.29. The number of Topliss-reactive ketones (excluding diaryl/α,β-unsaturated/α-hetero) is 1. The zero-order valence-corrected chi connectivity index (χ0v) is 19.7. The number of fused-ring (bicyclic) bond motifs is 2. The lowest BCUT2D eigenvalue weighted by Crippen LogP contribution is -2.42. The van der Waals surface area contributed by atoms with Crippen LogP contribution in [-0.4, -0.2) is 36.3 Å². The fourth-order valence-electron chi connectivity index (χ4n) is 4.70. The van der Waals surface area contributed by atoms with Crippen LogP contribution in [0.2, 0.25) is 0 Å². The lowest BCUT2D eigenvalue weighted by molar-refractivity contribution is 0.101. The third kappa shape index (κ3) is 4.21. The van der Waals surface area contributed by atoms with Crippen LogP contribution in [-0.2, 0) is 16.6 Å². The van der Waals surface area contributed by atoms with Crippen molar-refractivity contribution in [3.05, 3.63) is 63.9 Å². The molecule has 3 aromatic rings. The van der Waals surface area contributed by atoms with Gasteiger partial charge in [-0.3, -0.25) is 9.59 Å². The zero-order valence-electron chi connectivity index (χ0n) is 18.9. The number of rotatable bonds is 6. The summed E-state index contributed by atoms with van der Waals surface area (Å²) in [5, 5.41) is 0.741. The fourth-order valence-corrected chi connectivity index (χ4v) is 6.37. The normalized spacial score (nSPS) is 16.3. The number of aromatic amines is 1. The molecule has 1 aromatic heterocycles. The van der Waals surface area contributed by atoms with E-state index in [1.54, 1.807) is 18.2 Å². The van der Waals surface area contributed by atoms with Crippen LogP contribution in [0.5, 0.6) is 11.5 Å². The van der Waals surface area contributed by atoms with Crippen molar-refractivity contribution in [1.29, 1.82) is 0 Å². The van der Waals surface area contributed by atoms with E-state index in [2.05, 4.69) is 4.98 Å². The van der Waals surface area contributed by atoms with Crippen LogP contribution < -0.4 is 15.0 Å². The third-order valence-electron chi connectivity index (χ3n) is 6.59. The number of nitrogens with zero attached hydrogens (tertiary/aromatic N) is 1. The van der Waals surface area contributed by atoms with Gasteiger partial charge >= 0.3 is 0 Å². The summed E-state index contributed by atoms with van der Waals surface area (Å²) < 4.78 is 39.8. The Morgan fingerprint density at radius 3 is 2.38 bits per heavy atom. The molecule has 34 heavy (non-hydrogen) atoms. The Labute approximate surface area is 197 Å². The number of sulfonamides is 1. The number of H-pyrrole nitrogens is 1. The van der Waals surface area contributed by atoms with Gasteiger partial charge in [0.1, 0.15) is 0 Å². The lowest BCUT2D eigenvalue weighted by Gasteiger charge is -2.33. The highest BCUT2D eigenvalue weighted by Crippen LogP contribution is 2.35. The van der Waals surface area contributed by atoms with E-state index in [-0.39, 0.29) is 35.6 Å². The molecule has 1 fully saturated rings. The van der Waals surface area contributed by atoms with Crippen LogP contribution in [0, 0.1) is 0 Å². The van der Waals surface area contributed by atoms with Crippen molar-refractivity contribution in [1.82, 2.24) is 9.29 Å². The number of benzene rings is 2. The van der Waals surface area contributed by atoms with Crippen LogP contribution in [0.15, 0.2) is 52.2 Å². The number of pyridine rings is 1. The first-order valence-corrected chi connectivity index (χ1v) is 12.9. The Balaban J connectivity index is 1.54. The highest BCUT2D eigenvalue weighted by molar-refractivity contribution is 7.89. The Hall–Kier alpha value is -3.17. The summed E-state index contributed by atoms with van der Waals surface area (Å²) in [5.41, 5.74) is 1.08. The molecule has 0 unspecified atom stereocenters. The molecule has 1 aliphatic heterocycles. The first-order valence-electron chi connectivity index (χ1n) is 11.4. The molecule has 0 saturated heterocycles. The summed E-state index contributed by atoms with van der Waals surface area (Å²) in [7, 11) is -3.90. The molecule has 9 heteroatoms. The van der Waals surface area contributed by atoms with E-state index in [4.69, 9.17) is 9.47 Å². The zero-order chi connectivity index (χ0) is 23.9. The van der Waals surface area contributed by atoms with Crippen LogP contribution in [0.1, 0.15) is 54.9 Å². The predicted molar refractivity (Wildman–Crippen MR) is 127 cm³/mol. The van der Waals surface area contributed by atoms with E-state index in [1.807, 2.05) is 0 Å². The predicted octanol–water partition coefficient (Wildman–Crippen LogP) is 3.98. The van der Waals surface area contributed by atoms with Crippen molar-refractivity contribution >= 4 is 26.7 Å². The molecule has 0 bridgehead atoms. The summed E-state index contributed by atoms with van der Waals surface area (Å²) in [6.45, 7) is 1.52. The summed E-state index contributed by atoms with van der Waals surface area (Å²) in [6, 6.07) is 11.0. The number of hydrogen-bond acceptors (Lipinski definition) is 6. The van der Waals surface area contributed by atoms with E-state index >= 15 is 0 Å². The van der Waals surface area contributed by atoms with E-state index in [0.717, 1.165) is 37.5 Å². The molecule has 0 atom stereocenters. The maximum absolute atomic E-state index is 13.7. The van der Waals surface area contributed by atoms with E-state index in [0.29, 0.717) is 28.1 Å². The van der Waals surface area contributed by atoms with Crippen LogP contribution in [0.3, 0.4) is 0 Å². The van der Waals surface area contributed by atoms with Crippen molar-refractivity contribution in [2.75, 3.05) is 6.79 Å². The first kappa shape index (κ1) is 22.6. The quantitative estimate of drug-likeness (QED) is 0.533. The molecule has 0 radical (unpaired) electrons. The van der Waals surface area contributed by atoms with Crippen molar-refractivity contribution in [2.45, 2.75) is 56.5 Å². The molecule has 1 N–H and O–H groups in total. The summed E-state index contributed by atoms with van der Waals surface area (Å²) >= 11 is 0. The number of hydrogen-bond donors (Lipinski definition) is 1. The van der Waals surface area contributed by atoms with E-state index < -0.39 is 10.0 Å². The van der Waals surface area contributed by atoms with E-state index in [1.165, 1.54) is 35.5 Å². The fraction of sp³-hybridized carbons (Fsp3) is 0.360. The van der Waals surface area contributed by atoms with Crippen molar-refractivity contribution in [3.8, 4) is 11.5 Å². The molecule has 178 valence electrons. The van der Waals surface area contributed by atoms with Gasteiger partial charge in [0.05, 0.1) is 10.4 Å². The monoisotopic (exact) mass is 482 g/mol. The van der Waals surface area contributed by atoms with Gasteiger partial charge < -0.3 is 14.5 Å². The summed E-state index contributed by atoms with van der Waals surface area (Å²) in [4.78, 5) is 27.5. The highest BCUT2D eigenvalue weighted by Gasteiger charge is 2.33. The number of ether oxygens (including phenoxy) is 2. The van der Waals surface area contributed by atoms with Gasteiger partial charge in [-0.2, -0.15) is 4.31 Å². The highest BCUT2D eigenvalue weighted by atomic mass is 32.2. The largest absolute Gasteiger partial charge is 0.454 e. The average molecular weight is 483 g/mol. The molecule has 1 aliphatic carbocycles. The molecule has 2 aliphatic rings. The van der Waals surface area contributed by atoms with Crippen LogP contribution >= 0.6 is 0 Å². The van der Waals surface area contributed by atoms with Gasteiger partial charge in [-0.25, -0.2) is 8.42 Å². The Bertz CT molecular complexity index is 1410. The molecule has 5 rings (SSSR count). The molecular formula is C25H26N2O6S. The molecule has 0 spiro atoms. The summed E-state index contributed by atoms with van der Waals surface area (Å²) in [5.74, 6) is 1.03. The molecule has 2 aromatic carbocycles. The number of ketones is 1. The number of carbonyl (C=O) groups excluding carboxylic acids is 1. The molecule has 8 nitrogen and oxygen atoms in total. The van der Waals surface area contributed by atoms with Gasteiger partial charge in [0, 0.05) is 35.2 Å². The molecule has 1 saturated carbocycles. The Morgan fingerprint density at radius 1 is 1.03 bits per heavy atom.